The van der Waals surface area contributed by atoms with Gasteiger partial charge in [-0.05, 0) is 30.9 Å². The van der Waals surface area contributed by atoms with Gasteiger partial charge in [0.1, 0.15) is 6.10 Å². The molecule has 0 aliphatic rings. The molecule has 1 unspecified atom stereocenters. The fraction of sp³-hybridized carbons (Fsp3) is 0.625. The summed E-state index contributed by atoms with van der Waals surface area (Å²) in [6.45, 7) is 3.98. The summed E-state index contributed by atoms with van der Waals surface area (Å²) in [5.74, 6) is 0. The normalized spacial score (nSPS) is 12.6. The molecule has 1 heteroatoms. The second-order valence-electron chi connectivity index (χ2n) is 4.86. The van der Waals surface area contributed by atoms with Crippen LogP contribution in [0.15, 0.2) is 24.3 Å². The van der Waals surface area contributed by atoms with Crippen molar-refractivity contribution in [2.24, 2.45) is 0 Å². The highest BCUT2D eigenvalue weighted by molar-refractivity contribution is 5.28. The van der Waals surface area contributed by atoms with Crippen molar-refractivity contribution in [1.29, 1.82) is 0 Å². The fourth-order valence-electron chi connectivity index (χ4n) is 2.25. The van der Waals surface area contributed by atoms with Crippen LogP contribution in [0.4, 0.5) is 0 Å². The van der Waals surface area contributed by atoms with E-state index in [2.05, 4.69) is 13.0 Å². The first-order valence-corrected chi connectivity index (χ1v) is 6.99. The third kappa shape index (κ3) is 5.36. The summed E-state index contributed by atoms with van der Waals surface area (Å²) in [4.78, 5) is 0. The van der Waals surface area contributed by atoms with Gasteiger partial charge in [0.15, 0.2) is 0 Å². The van der Waals surface area contributed by atoms with Crippen LogP contribution in [0.25, 0.3) is 0 Å². The van der Waals surface area contributed by atoms with Crippen LogP contribution < -0.4 is 0 Å². The predicted molar refractivity (Wildman–Crippen MR) is 72.6 cm³/mol. The van der Waals surface area contributed by atoms with E-state index in [-0.39, 0.29) is 0 Å². The van der Waals surface area contributed by atoms with E-state index in [0.29, 0.717) is 0 Å². The maximum Gasteiger partial charge on any atom is 0.115 e. The number of hydrogen-bond acceptors (Lipinski definition) is 0. The maximum atomic E-state index is 11.5. The zero-order valence-corrected chi connectivity index (χ0v) is 11.2. The largest absolute Gasteiger partial charge is 0.228 e. The average molecular weight is 233 g/mol. The van der Waals surface area contributed by atoms with E-state index in [1.165, 1.54) is 44.1 Å². The van der Waals surface area contributed by atoms with E-state index in [0.717, 1.165) is 12.0 Å². The van der Waals surface area contributed by atoms with Crippen molar-refractivity contribution in [2.45, 2.75) is 64.9 Å². The Morgan fingerprint density at radius 2 is 1.65 bits per heavy atom. The summed E-state index contributed by atoms with van der Waals surface area (Å²) < 4.78 is 0. The van der Waals surface area contributed by atoms with Crippen LogP contribution in [-0.2, 0) is 11.5 Å². The number of unbranched alkanes of at least 4 members (excludes halogenated alkanes) is 5. The fourth-order valence-corrected chi connectivity index (χ4v) is 2.25. The van der Waals surface area contributed by atoms with Crippen LogP contribution in [0, 0.1) is 0 Å². The van der Waals surface area contributed by atoms with Crippen LogP contribution in [-0.4, -0.2) is 0 Å². The molecule has 0 aliphatic heterocycles. The third-order valence-corrected chi connectivity index (χ3v) is 3.29. The Bertz CT molecular complexity index is 304. The monoisotopic (exact) mass is 233 g/mol. The van der Waals surface area contributed by atoms with Gasteiger partial charge < -0.3 is 0 Å². The minimum absolute atomic E-state index is 0.591. The summed E-state index contributed by atoms with van der Waals surface area (Å²) in [5, 5.41) is 11.5. The first-order valence-electron chi connectivity index (χ1n) is 6.99. The Labute approximate surface area is 106 Å². The molecule has 1 rings (SSSR count). The van der Waals surface area contributed by atoms with Crippen LogP contribution >= 0.6 is 0 Å². The van der Waals surface area contributed by atoms with Crippen molar-refractivity contribution in [3.8, 4) is 0 Å². The van der Waals surface area contributed by atoms with Crippen molar-refractivity contribution < 1.29 is 5.11 Å². The van der Waals surface area contributed by atoms with E-state index in [9.17, 15) is 5.11 Å². The zero-order valence-electron chi connectivity index (χ0n) is 11.2. The smallest absolute Gasteiger partial charge is 0.115 e. The van der Waals surface area contributed by atoms with Gasteiger partial charge in [-0.25, -0.2) is 5.11 Å². The molecular formula is C16H25O. The van der Waals surface area contributed by atoms with Gasteiger partial charge >= 0.3 is 0 Å². The lowest BCUT2D eigenvalue weighted by molar-refractivity contribution is 0.105. The molecule has 1 atom stereocenters. The zero-order chi connectivity index (χ0) is 12.5. The molecule has 0 saturated heterocycles. The highest BCUT2D eigenvalue weighted by Crippen LogP contribution is 2.20. The molecule has 0 saturated carbocycles. The Morgan fingerprint density at radius 1 is 1.00 bits per heavy atom. The van der Waals surface area contributed by atoms with E-state index < -0.39 is 6.10 Å². The molecule has 0 spiro atoms. The molecule has 0 heterocycles. The molecule has 0 bridgehead atoms. The molecule has 0 fully saturated rings. The quantitative estimate of drug-likeness (QED) is 0.558. The Balaban J connectivity index is 2.31. The van der Waals surface area contributed by atoms with Gasteiger partial charge in [-0.1, -0.05) is 63.3 Å². The summed E-state index contributed by atoms with van der Waals surface area (Å²) in [5.41, 5.74) is 2.24. The lowest BCUT2D eigenvalue weighted by Crippen LogP contribution is -1.97. The van der Waals surface area contributed by atoms with E-state index in [1.54, 1.807) is 6.92 Å². The lowest BCUT2D eigenvalue weighted by Gasteiger charge is -2.10. The van der Waals surface area contributed by atoms with E-state index >= 15 is 0 Å². The topological polar surface area (TPSA) is 19.9 Å². The van der Waals surface area contributed by atoms with Gasteiger partial charge in [0.2, 0.25) is 0 Å². The molecule has 0 aromatic heterocycles. The van der Waals surface area contributed by atoms with Crippen molar-refractivity contribution in [1.82, 2.24) is 0 Å². The standard InChI is InChI=1S/C16H25O/c1-3-4-5-6-7-8-11-15-12-9-10-13-16(15)14(2)17/h9-10,12-14H,3-8,11H2,1-2H3. The molecule has 95 valence electrons. The van der Waals surface area contributed by atoms with Gasteiger partial charge in [-0.2, -0.15) is 0 Å². The molecule has 0 N–H and O–H groups in total. The first kappa shape index (κ1) is 14.2. The molecule has 1 aromatic carbocycles. The number of rotatable bonds is 8. The number of benzene rings is 1. The summed E-state index contributed by atoms with van der Waals surface area (Å²) in [6.07, 6.45) is 8.33. The van der Waals surface area contributed by atoms with Gasteiger partial charge in [0.25, 0.3) is 0 Å². The highest BCUT2D eigenvalue weighted by atomic mass is 16.3. The minimum Gasteiger partial charge on any atom is -0.228 e. The summed E-state index contributed by atoms with van der Waals surface area (Å²) in [7, 11) is 0. The van der Waals surface area contributed by atoms with Gasteiger partial charge in [-0.3, -0.25) is 0 Å². The Kier molecular flexibility index (Phi) is 6.95. The molecule has 1 aromatic rings. The lowest BCUT2D eigenvalue weighted by atomic mass is 9.98. The van der Waals surface area contributed by atoms with Gasteiger partial charge in [0, 0.05) is 0 Å². The third-order valence-electron chi connectivity index (χ3n) is 3.29. The molecule has 1 radical (unpaired) electrons. The van der Waals surface area contributed by atoms with Gasteiger partial charge in [0.05, 0.1) is 0 Å². The Morgan fingerprint density at radius 3 is 2.35 bits per heavy atom. The average Bonchev–Trinajstić information content (AvgIpc) is 2.34. The molecule has 17 heavy (non-hydrogen) atoms. The molecule has 0 amide bonds. The molecular weight excluding hydrogens is 208 g/mol. The van der Waals surface area contributed by atoms with E-state index in [4.69, 9.17) is 0 Å². The summed E-state index contributed by atoms with van der Waals surface area (Å²) >= 11 is 0. The predicted octanol–water partition coefficient (Wildman–Crippen LogP) is 5.08. The van der Waals surface area contributed by atoms with Crippen molar-refractivity contribution in [2.75, 3.05) is 0 Å². The second-order valence-corrected chi connectivity index (χ2v) is 4.86. The first-order chi connectivity index (χ1) is 8.25. The maximum absolute atomic E-state index is 11.5. The van der Waals surface area contributed by atoms with Crippen LogP contribution in [0.3, 0.4) is 0 Å². The summed E-state index contributed by atoms with van der Waals surface area (Å²) in [6, 6.07) is 8.09. The highest BCUT2D eigenvalue weighted by Gasteiger charge is 2.07. The van der Waals surface area contributed by atoms with Crippen LogP contribution in [0.5, 0.6) is 0 Å². The van der Waals surface area contributed by atoms with E-state index in [1.807, 2.05) is 18.2 Å². The van der Waals surface area contributed by atoms with Crippen molar-refractivity contribution in [3.05, 3.63) is 35.4 Å². The molecule has 0 aliphatic carbocycles. The van der Waals surface area contributed by atoms with Gasteiger partial charge in [-0.15, -0.1) is 0 Å². The SMILES string of the molecule is CCCCCCCCc1ccccc1C(C)[O]. The van der Waals surface area contributed by atoms with Crippen molar-refractivity contribution in [3.63, 3.8) is 0 Å². The number of hydrogen-bond donors (Lipinski definition) is 0. The minimum atomic E-state index is -0.591. The van der Waals surface area contributed by atoms with Crippen LogP contribution in [0.2, 0.25) is 0 Å². The Hall–Kier alpha value is -0.820. The second kappa shape index (κ2) is 8.30. The van der Waals surface area contributed by atoms with Crippen LogP contribution in [0.1, 0.15) is 69.6 Å². The molecule has 1 nitrogen and oxygen atoms in total. The van der Waals surface area contributed by atoms with Crippen molar-refractivity contribution >= 4 is 0 Å². The number of aryl methyl sites for hydroxylation is 1.